The van der Waals surface area contributed by atoms with Crippen LogP contribution in [0.5, 0.6) is 5.88 Å². The molecule has 3 heteroatoms. The highest BCUT2D eigenvalue weighted by molar-refractivity contribution is 5.41. The van der Waals surface area contributed by atoms with Gasteiger partial charge in [0, 0.05) is 6.20 Å². The first-order chi connectivity index (χ1) is 6.49. The van der Waals surface area contributed by atoms with Gasteiger partial charge in [0.15, 0.2) is 0 Å². The van der Waals surface area contributed by atoms with E-state index < -0.39 is 0 Å². The summed E-state index contributed by atoms with van der Waals surface area (Å²) in [7, 11) is 1.51. The monoisotopic (exact) mass is 190 g/mol. The molecule has 1 aromatic heterocycles. The molecule has 0 aliphatic carbocycles. The summed E-state index contributed by atoms with van der Waals surface area (Å²) in [5.74, 6) is 0.389. The third-order valence-electron chi connectivity index (χ3n) is 2.03. The van der Waals surface area contributed by atoms with Gasteiger partial charge in [0.2, 0.25) is 5.88 Å². The zero-order valence-electron chi connectivity index (χ0n) is 8.96. The molecule has 1 rings (SSSR count). The summed E-state index contributed by atoms with van der Waals surface area (Å²) in [5.41, 5.74) is 1.53. The Morgan fingerprint density at radius 1 is 1.43 bits per heavy atom. The molecule has 0 fully saturated rings. The molecule has 0 aliphatic heterocycles. The Kier molecular flexibility index (Phi) is 2.76. The quantitative estimate of drug-likeness (QED) is 0.682. The third-order valence-corrected chi connectivity index (χ3v) is 2.03. The fourth-order valence-corrected chi connectivity index (χ4v) is 1.11. The van der Waals surface area contributed by atoms with Crippen molar-refractivity contribution in [2.24, 2.45) is 0 Å². The maximum atomic E-state index is 8.87. The van der Waals surface area contributed by atoms with E-state index in [2.05, 4.69) is 31.8 Å². The second kappa shape index (κ2) is 3.67. The van der Waals surface area contributed by atoms with Crippen molar-refractivity contribution in [1.29, 1.82) is 5.26 Å². The van der Waals surface area contributed by atoms with Gasteiger partial charge < -0.3 is 4.74 Å². The van der Waals surface area contributed by atoms with Crippen molar-refractivity contribution in [2.45, 2.75) is 26.2 Å². The second-order valence-corrected chi connectivity index (χ2v) is 4.14. The predicted molar refractivity (Wildman–Crippen MR) is 54.2 cm³/mol. The zero-order valence-corrected chi connectivity index (χ0v) is 8.96. The molecule has 14 heavy (non-hydrogen) atoms. The number of aromatic nitrogens is 1. The molecule has 0 radical (unpaired) electrons. The minimum Gasteiger partial charge on any atom is -0.480 e. The lowest BCUT2D eigenvalue weighted by molar-refractivity contribution is 0.395. The summed E-state index contributed by atoms with van der Waals surface area (Å²) in [6.45, 7) is 6.24. The average Bonchev–Trinajstić information content (AvgIpc) is 2.15. The average molecular weight is 190 g/mol. The molecule has 1 heterocycles. The Bertz CT molecular complexity index is 372. The van der Waals surface area contributed by atoms with Crippen LogP contribution in [0.15, 0.2) is 12.3 Å². The molecule has 0 unspecified atom stereocenters. The molecular formula is C11H14N2O. The normalized spacial score (nSPS) is 10.8. The van der Waals surface area contributed by atoms with Crippen molar-refractivity contribution in [3.05, 3.63) is 23.4 Å². The highest BCUT2D eigenvalue weighted by atomic mass is 16.5. The lowest BCUT2D eigenvalue weighted by Gasteiger charge is -2.18. The van der Waals surface area contributed by atoms with Crippen molar-refractivity contribution < 1.29 is 4.74 Å². The third kappa shape index (κ3) is 2.02. The van der Waals surface area contributed by atoms with Crippen LogP contribution in [0.4, 0.5) is 0 Å². The summed E-state index contributed by atoms with van der Waals surface area (Å²) in [4.78, 5) is 4.09. The van der Waals surface area contributed by atoms with Crippen LogP contribution in [-0.4, -0.2) is 12.1 Å². The van der Waals surface area contributed by atoms with Crippen LogP contribution in [0.3, 0.4) is 0 Å². The largest absolute Gasteiger partial charge is 0.480 e. The van der Waals surface area contributed by atoms with Crippen LogP contribution in [0.1, 0.15) is 31.9 Å². The van der Waals surface area contributed by atoms with E-state index in [1.807, 2.05) is 6.07 Å². The van der Waals surface area contributed by atoms with Gasteiger partial charge in [-0.2, -0.15) is 5.26 Å². The fraction of sp³-hybridized carbons (Fsp3) is 0.455. The summed E-state index contributed by atoms with van der Waals surface area (Å²) in [6.07, 6.45) is 1.75. The molecule has 1 aromatic rings. The van der Waals surface area contributed by atoms with Gasteiger partial charge in [-0.1, -0.05) is 20.8 Å². The molecule has 0 spiro atoms. The Morgan fingerprint density at radius 3 is 2.50 bits per heavy atom. The standard InChI is InChI=1S/C11H14N2O/c1-11(2,3)9-5-8(6-12)10(14-4)13-7-9/h5,7H,1-4H3. The second-order valence-electron chi connectivity index (χ2n) is 4.14. The van der Waals surface area contributed by atoms with E-state index in [1.54, 1.807) is 6.20 Å². The highest BCUT2D eigenvalue weighted by Gasteiger charge is 2.16. The molecule has 0 saturated carbocycles. The van der Waals surface area contributed by atoms with Crippen molar-refractivity contribution in [3.8, 4) is 11.9 Å². The molecular weight excluding hydrogens is 176 g/mol. The van der Waals surface area contributed by atoms with E-state index >= 15 is 0 Å². The number of hydrogen-bond donors (Lipinski definition) is 0. The minimum atomic E-state index is 0.00483. The predicted octanol–water partition coefficient (Wildman–Crippen LogP) is 2.26. The molecule has 3 nitrogen and oxygen atoms in total. The smallest absolute Gasteiger partial charge is 0.231 e. The molecule has 0 N–H and O–H groups in total. The maximum absolute atomic E-state index is 8.87. The lowest BCUT2D eigenvalue weighted by atomic mass is 9.88. The van der Waals surface area contributed by atoms with Crippen LogP contribution in [-0.2, 0) is 5.41 Å². The van der Waals surface area contributed by atoms with E-state index in [0.29, 0.717) is 11.4 Å². The number of ether oxygens (including phenoxy) is 1. The molecule has 0 saturated heterocycles. The van der Waals surface area contributed by atoms with Gasteiger partial charge in [-0.15, -0.1) is 0 Å². The van der Waals surface area contributed by atoms with Crippen molar-refractivity contribution in [2.75, 3.05) is 7.11 Å². The Balaban J connectivity index is 3.23. The molecule has 0 atom stereocenters. The van der Waals surface area contributed by atoms with Gasteiger partial charge in [0.05, 0.1) is 7.11 Å². The zero-order chi connectivity index (χ0) is 10.8. The van der Waals surface area contributed by atoms with Gasteiger partial charge in [-0.3, -0.25) is 0 Å². The van der Waals surface area contributed by atoms with E-state index in [4.69, 9.17) is 10.00 Å². The van der Waals surface area contributed by atoms with E-state index in [0.717, 1.165) is 5.56 Å². The summed E-state index contributed by atoms with van der Waals surface area (Å²) in [5, 5.41) is 8.87. The number of rotatable bonds is 1. The van der Waals surface area contributed by atoms with Gasteiger partial charge >= 0.3 is 0 Å². The number of nitriles is 1. The highest BCUT2D eigenvalue weighted by Crippen LogP contribution is 2.25. The number of pyridine rings is 1. The summed E-state index contributed by atoms with van der Waals surface area (Å²) >= 11 is 0. The Labute approximate surface area is 84.3 Å². The first kappa shape index (κ1) is 10.5. The van der Waals surface area contributed by atoms with Gasteiger partial charge in [0.1, 0.15) is 11.6 Å². The van der Waals surface area contributed by atoms with E-state index in [1.165, 1.54) is 7.11 Å². The Hall–Kier alpha value is -1.56. The summed E-state index contributed by atoms with van der Waals surface area (Å²) in [6, 6.07) is 3.90. The Morgan fingerprint density at radius 2 is 2.07 bits per heavy atom. The maximum Gasteiger partial charge on any atom is 0.231 e. The SMILES string of the molecule is COc1ncc(C(C)(C)C)cc1C#N. The molecule has 0 bridgehead atoms. The number of methoxy groups -OCH3 is 1. The van der Waals surface area contributed by atoms with Crippen LogP contribution in [0, 0.1) is 11.3 Å². The molecule has 0 amide bonds. The first-order valence-electron chi connectivity index (χ1n) is 4.43. The van der Waals surface area contributed by atoms with Crippen LogP contribution in [0.25, 0.3) is 0 Å². The van der Waals surface area contributed by atoms with Crippen LogP contribution in [0.2, 0.25) is 0 Å². The number of nitrogens with zero attached hydrogens (tertiary/aromatic N) is 2. The molecule has 74 valence electrons. The molecule has 0 aliphatic rings. The fourth-order valence-electron chi connectivity index (χ4n) is 1.11. The van der Waals surface area contributed by atoms with Crippen molar-refractivity contribution in [1.82, 2.24) is 4.98 Å². The first-order valence-corrected chi connectivity index (χ1v) is 4.43. The lowest BCUT2D eigenvalue weighted by Crippen LogP contribution is -2.12. The van der Waals surface area contributed by atoms with Gasteiger partial charge in [-0.05, 0) is 17.0 Å². The van der Waals surface area contributed by atoms with Gasteiger partial charge in [-0.25, -0.2) is 4.98 Å². The van der Waals surface area contributed by atoms with Crippen molar-refractivity contribution in [3.63, 3.8) is 0 Å². The minimum absolute atomic E-state index is 0.00483. The van der Waals surface area contributed by atoms with E-state index in [-0.39, 0.29) is 5.41 Å². The van der Waals surface area contributed by atoms with Crippen LogP contribution >= 0.6 is 0 Å². The molecule has 0 aromatic carbocycles. The van der Waals surface area contributed by atoms with Crippen molar-refractivity contribution >= 4 is 0 Å². The summed E-state index contributed by atoms with van der Waals surface area (Å²) < 4.78 is 4.97. The number of hydrogen-bond acceptors (Lipinski definition) is 3. The topological polar surface area (TPSA) is 45.9 Å². The van der Waals surface area contributed by atoms with E-state index in [9.17, 15) is 0 Å². The van der Waals surface area contributed by atoms with Crippen LogP contribution < -0.4 is 4.74 Å². The van der Waals surface area contributed by atoms with Gasteiger partial charge in [0.25, 0.3) is 0 Å².